The maximum Gasteiger partial charge on any atom is 0.271 e. The first-order valence-electron chi connectivity index (χ1n) is 9.03. The van der Waals surface area contributed by atoms with Gasteiger partial charge in [-0.2, -0.15) is 0 Å². The number of nitrogens with one attached hydrogen (secondary N) is 1. The summed E-state index contributed by atoms with van der Waals surface area (Å²) in [4.78, 5) is 36.9. The Labute approximate surface area is 166 Å². The fourth-order valence-electron chi connectivity index (χ4n) is 3.22. The zero-order valence-corrected chi connectivity index (χ0v) is 15.8. The van der Waals surface area contributed by atoms with Crippen molar-refractivity contribution in [2.45, 2.75) is 12.8 Å². The molecule has 1 atom stereocenters. The van der Waals surface area contributed by atoms with Gasteiger partial charge in [0.25, 0.3) is 5.69 Å². The standard InChI is InChI=1S/C20H20FN3O5/c1-29-18-7-6-16(24(27)28)11-17(18)22-20(26)14-10-19(25)23(12-14)9-8-13-2-4-15(21)5-3-13/h2-7,11,14H,8-10,12H2,1H3,(H,22,26)/t14-/m1/s1. The number of methoxy groups -OCH3 is 1. The molecule has 0 radical (unpaired) electrons. The topological polar surface area (TPSA) is 102 Å². The zero-order chi connectivity index (χ0) is 21.0. The van der Waals surface area contributed by atoms with E-state index in [4.69, 9.17) is 4.74 Å². The van der Waals surface area contributed by atoms with E-state index in [-0.39, 0.29) is 36.1 Å². The third-order valence-electron chi connectivity index (χ3n) is 4.82. The van der Waals surface area contributed by atoms with Crippen molar-refractivity contribution in [3.63, 3.8) is 0 Å². The number of hydrogen-bond donors (Lipinski definition) is 1. The molecule has 0 aromatic heterocycles. The Morgan fingerprint density at radius 2 is 2.03 bits per heavy atom. The molecular formula is C20H20FN3O5. The van der Waals surface area contributed by atoms with Crippen LogP contribution in [0.25, 0.3) is 0 Å². The number of nitro benzene ring substituents is 1. The molecular weight excluding hydrogens is 381 g/mol. The van der Waals surface area contributed by atoms with Crippen LogP contribution in [-0.4, -0.2) is 41.8 Å². The van der Waals surface area contributed by atoms with Gasteiger partial charge in [-0.05, 0) is 30.2 Å². The molecule has 3 rings (SSSR count). The number of rotatable bonds is 7. The van der Waals surface area contributed by atoms with Gasteiger partial charge in [-0.1, -0.05) is 12.1 Å². The van der Waals surface area contributed by atoms with Crippen molar-refractivity contribution >= 4 is 23.2 Å². The lowest BCUT2D eigenvalue weighted by molar-refractivity contribution is -0.384. The number of non-ortho nitro benzene ring substituents is 1. The number of halogens is 1. The first-order chi connectivity index (χ1) is 13.9. The Morgan fingerprint density at radius 3 is 2.69 bits per heavy atom. The van der Waals surface area contributed by atoms with Gasteiger partial charge in [0.05, 0.1) is 23.6 Å². The lowest BCUT2D eigenvalue weighted by Gasteiger charge is -2.17. The molecule has 0 saturated carbocycles. The van der Waals surface area contributed by atoms with Gasteiger partial charge >= 0.3 is 0 Å². The van der Waals surface area contributed by atoms with Crippen LogP contribution in [0.2, 0.25) is 0 Å². The maximum absolute atomic E-state index is 13.0. The molecule has 0 bridgehead atoms. The quantitative estimate of drug-likeness (QED) is 0.568. The summed E-state index contributed by atoms with van der Waals surface area (Å²) in [5.41, 5.74) is 0.905. The maximum atomic E-state index is 13.0. The van der Waals surface area contributed by atoms with Crippen LogP contribution in [0, 0.1) is 21.8 Å². The minimum atomic E-state index is -0.570. The highest BCUT2D eigenvalue weighted by Crippen LogP contribution is 2.30. The zero-order valence-electron chi connectivity index (χ0n) is 15.8. The van der Waals surface area contributed by atoms with Gasteiger partial charge in [0.15, 0.2) is 0 Å². The Hall–Kier alpha value is -3.49. The molecule has 8 nitrogen and oxygen atoms in total. The SMILES string of the molecule is COc1ccc([N+](=O)[O-])cc1NC(=O)[C@@H]1CC(=O)N(CCc2ccc(F)cc2)C1. The van der Waals surface area contributed by atoms with Gasteiger partial charge in [0.1, 0.15) is 11.6 Å². The second kappa shape index (κ2) is 8.68. The Bertz CT molecular complexity index is 932. The smallest absolute Gasteiger partial charge is 0.271 e. The van der Waals surface area contributed by atoms with E-state index in [1.807, 2.05) is 0 Å². The highest BCUT2D eigenvalue weighted by Gasteiger charge is 2.34. The van der Waals surface area contributed by atoms with Crippen LogP contribution < -0.4 is 10.1 Å². The minimum absolute atomic E-state index is 0.0620. The predicted octanol–water partition coefficient (Wildman–Crippen LogP) is 2.77. The largest absolute Gasteiger partial charge is 0.495 e. The van der Waals surface area contributed by atoms with E-state index in [0.29, 0.717) is 18.7 Å². The van der Waals surface area contributed by atoms with E-state index in [1.165, 1.54) is 37.4 Å². The number of nitrogens with zero attached hydrogens (tertiary/aromatic N) is 2. The summed E-state index contributed by atoms with van der Waals surface area (Å²) in [5, 5.41) is 13.6. The third-order valence-corrected chi connectivity index (χ3v) is 4.82. The van der Waals surface area contributed by atoms with Crippen molar-refractivity contribution in [3.05, 3.63) is 64.0 Å². The van der Waals surface area contributed by atoms with Gasteiger partial charge in [0.2, 0.25) is 11.8 Å². The molecule has 1 heterocycles. The molecule has 152 valence electrons. The highest BCUT2D eigenvalue weighted by molar-refractivity contribution is 5.98. The second-order valence-electron chi connectivity index (χ2n) is 6.75. The molecule has 9 heteroatoms. The summed E-state index contributed by atoms with van der Waals surface area (Å²) >= 11 is 0. The molecule has 1 N–H and O–H groups in total. The number of ether oxygens (including phenoxy) is 1. The number of hydrogen-bond acceptors (Lipinski definition) is 5. The Kier molecular flexibility index (Phi) is 6.06. The highest BCUT2D eigenvalue weighted by atomic mass is 19.1. The number of anilines is 1. The first kappa shape index (κ1) is 20.2. The van der Waals surface area contributed by atoms with Crippen LogP contribution in [-0.2, 0) is 16.0 Å². The van der Waals surface area contributed by atoms with Crippen LogP contribution in [0.5, 0.6) is 5.75 Å². The van der Waals surface area contributed by atoms with Gasteiger partial charge in [-0.25, -0.2) is 4.39 Å². The van der Waals surface area contributed by atoms with Crippen molar-refractivity contribution < 1.29 is 23.6 Å². The van der Waals surface area contributed by atoms with E-state index < -0.39 is 16.7 Å². The number of amides is 2. The van der Waals surface area contributed by atoms with Crippen LogP contribution in [0.1, 0.15) is 12.0 Å². The number of nitro groups is 1. The van der Waals surface area contributed by atoms with Gasteiger partial charge in [0, 0.05) is 31.6 Å². The first-order valence-corrected chi connectivity index (χ1v) is 9.03. The predicted molar refractivity (Wildman–Crippen MR) is 103 cm³/mol. The van der Waals surface area contributed by atoms with Crippen LogP contribution in [0.4, 0.5) is 15.8 Å². The van der Waals surface area contributed by atoms with Crippen molar-refractivity contribution in [1.82, 2.24) is 4.90 Å². The summed E-state index contributed by atoms with van der Waals surface area (Å²) in [5.74, 6) is -1.14. The average molecular weight is 401 g/mol. The normalized spacial score (nSPS) is 16.0. The molecule has 2 aromatic carbocycles. The number of carbonyl (C=O) groups is 2. The Morgan fingerprint density at radius 1 is 1.31 bits per heavy atom. The molecule has 1 saturated heterocycles. The van der Waals surface area contributed by atoms with E-state index >= 15 is 0 Å². The second-order valence-corrected chi connectivity index (χ2v) is 6.75. The average Bonchev–Trinajstić information content (AvgIpc) is 3.08. The van der Waals surface area contributed by atoms with Crippen LogP contribution in [0.15, 0.2) is 42.5 Å². The summed E-state index contributed by atoms with van der Waals surface area (Å²) in [6, 6.07) is 9.96. The minimum Gasteiger partial charge on any atom is -0.495 e. The number of benzene rings is 2. The van der Waals surface area contributed by atoms with Crippen molar-refractivity contribution in [2.75, 3.05) is 25.5 Å². The van der Waals surface area contributed by atoms with E-state index in [9.17, 15) is 24.1 Å². The lowest BCUT2D eigenvalue weighted by atomic mass is 10.1. The molecule has 2 amide bonds. The van der Waals surface area contributed by atoms with Crippen LogP contribution in [0.3, 0.4) is 0 Å². The molecule has 1 aliphatic heterocycles. The molecule has 0 aliphatic carbocycles. The number of carbonyl (C=O) groups excluding carboxylic acids is 2. The third kappa shape index (κ3) is 4.87. The van der Waals surface area contributed by atoms with Crippen molar-refractivity contribution in [3.8, 4) is 5.75 Å². The van der Waals surface area contributed by atoms with Gasteiger partial charge in [-0.3, -0.25) is 19.7 Å². The van der Waals surface area contributed by atoms with E-state index in [0.717, 1.165) is 5.56 Å². The fraction of sp³-hybridized carbons (Fsp3) is 0.300. The summed E-state index contributed by atoms with van der Waals surface area (Å²) in [6.45, 7) is 0.678. The van der Waals surface area contributed by atoms with Gasteiger partial charge in [-0.15, -0.1) is 0 Å². The van der Waals surface area contributed by atoms with Crippen molar-refractivity contribution in [2.24, 2.45) is 5.92 Å². The summed E-state index contributed by atoms with van der Waals surface area (Å²) in [7, 11) is 1.40. The molecule has 29 heavy (non-hydrogen) atoms. The Balaban J connectivity index is 1.62. The number of likely N-dealkylation sites (tertiary alicyclic amines) is 1. The monoisotopic (exact) mass is 401 g/mol. The van der Waals surface area contributed by atoms with Gasteiger partial charge < -0.3 is 15.0 Å². The molecule has 1 fully saturated rings. The van der Waals surface area contributed by atoms with Crippen molar-refractivity contribution in [1.29, 1.82) is 0 Å². The summed E-state index contributed by atoms with van der Waals surface area (Å²) < 4.78 is 18.1. The molecule has 1 aliphatic rings. The molecule has 0 spiro atoms. The summed E-state index contributed by atoms with van der Waals surface area (Å²) in [6.07, 6.45) is 0.617. The molecule has 0 unspecified atom stereocenters. The lowest BCUT2D eigenvalue weighted by Crippen LogP contribution is -2.30. The van der Waals surface area contributed by atoms with E-state index in [2.05, 4.69) is 5.32 Å². The van der Waals surface area contributed by atoms with E-state index in [1.54, 1.807) is 17.0 Å². The fourth-order valence-corrected chi connectivity index (χ4v) is 3.22. The van der Waals surface area contributed by atoms with Crippen LogP contribution >= 0.6 is 0 Å². The molecule has 2 aromatic rings.